The molecule has 0 fully saturated rings. The van der Waals surface area contributed by atoms with Crippen LogP contribution in [-0.2, 0) is 6.54 Å². The molecule has 0 aliphatic carbocycles. The number of aromatic nitrogens is 2. The lowest BCUT2D eigenvalue weighted by Crippen LogP contribution is -2.03. The van der Waals surface area contributed by atoms with Crippen molar-refractivity contribution in [1.29, 1.82) is 5.26 Å². The molecule has 0 saturated heterocycles. The van der Waals surface area contributed by atoms with E-state index in [0.717, 1.165) is 5.65 Å². The minimum Gasteiger partial charge on any atom is -0.374 e. The van der Waals surface area contributed by atoms with Crippen molar-refractivity contribution in [1.82, 2.24) is 9.38 Å². The highest BCUT2D eigenvalue weighted by Gasteiger charge is 2.15. The van der Waals surface area contributed by atoms with Gasteiger partial charge in [-0.05, 0) is 24.3 Å². The quantitative estimate of drug-likeness (QED) is 0.585. The maximum atomic E-state index is 11.1. The van der Waals surface area contributed by atoms with E-state index in [-0.39, 0.29) is 11.3 Å². The van der Waals surface area contributed by atoms with Crippen LogP contribution in [-0.4, -0.2) is 14.3 Å². The van der Waals surface area contributed by atoms with Crippen molar-refractivity contribution in [2.45, 2.75) is 6.54 Å². The molecule has 0 unspecified atom stereocenters. The molecule has 3 rings (SSSR count). The summed E-state index contributed by atoms with van der Waals surface area (Å²) in [6.45, 7) is 0.312. The predicted octanol–water partition coefficient (Wildman–Crippen LogP) is 3.38. The number of hydrogen-bond donors (Lipinski definition) is 1. The third kappa shape index (κ3) is 3.07. The van der Waals surface area contributed by atoms with Crippen LogP contribution in [0.25, 0.3) is 5.65 Å². The summed E-state index contributed by atoms with van der Waals surface area (Å²) >= 11 is 5.92. The van der Waals surface area contributed by atoms with Gasteiger partial charge in [0.2, 0.25) is 0 Å². The number of rotatable bonds is 4. The molecule has 7 nitrogen and oxygen atoms in total. The van der Waals surface area contributed by atoms with Gasteiger partial charge < -0.3 is 9.72 Å². The van der Waals surface area contributed by atoms with E-state index < -0.39 is 4.92 Å². The smallest absolute Gasteiger partial charge is 0.293 e. The first-order valence-electron chi connectivity index (χ1n) is 6.62. The Kier molecular flexibility index (Phi) is 3.83. The fraction of sp³-hybridized carbons (Fsp3) is 0.0667. The number of nitrogens with zero attached hydrogens (tertiary/aromatic N) is 4. The van der Waals surface area contributed by atoms with Gasteiger partial charge in [-0.25, -0.2) is 4.98 Å². The van der Waals surface area contributed by atoms with Gasteiger partial charge in [0.25, 0.3) is 5.69 Å². The van der Waals surface area contributed by atoms with Crippen LogP contribution in [0.15, 0.2) is 42.7 Å². The van der Waals surface area contributed by atoms with Crippen LogP contribution >= 0.6 is 11.6 Å². The fourth-order valence-corrected chi connectivity index (χ4v) is 2.36. The van der Waals surface area contributed by atoms with Gasteiger partial charge in [0.05, 0.1) is 33.8 Å². The number of nitrogens with one attached hydrogen (secondary N) is 1. The number of benzene rings is 1. The molecule has 0 aliphatic rings. The van der Waals surface area contributed by atoms with E-state index >= 15 is 0 Å². The normalized spacial score (nSPS) is 10.4. The maximum absolute atomic E-state index is 11.1. The Hall–Kier alpha value is -3.11. The summed E-state index contributed by atoms with van der Waals surface area (Å²) in [7, 11) is 0. The van der Waals surface area contributed by atoms with Crippen molar-refractivity contribution in [2.75, 3.05) is 5.32 Å². The summed E-state index contributed by atoms with van der Waals surface area (Å²) in [5.74, 6) is 0. The molecule has 2 heterocycles. The van der Waals surface area contributed by atoms with Gasteiger partial charge in [0.15, 0.2) is 0 Å². The summed E-state index contributed by atoms with van der Waals surface area (Å²) in [6, 6.07) is 9.70. The molecular weight excluding hydrogens is 318 g/mol. The monoisotopic (exact) mass is 327 g/mol. The van der Waals surface area contributed by atoms with Gasteiger partial charge in [-0.1, -0.05) is 11.6 Å². The highest BCUT2D eigenvalue weighted by molar-refractivity contribution is 6.30. The lowest BCUT2D eigenvalue weighted by atomic mass is 10.2. The highest BCUT2D eigenvalue weighted by Crippen LogP contribution is 2.25. The van der Waals surface area contributed by atoms with E-state index in [1.54, 1.807) is 28.9 Å². The van der Waals surface area contributed by atoms with E-state index in [2.05, 4.69) is 10.3 Å². The maximum Gasteiger partial charge on any atom is 0.293 e. The van der Waals surface area contributed by atoms with Gasteiger partial charge in [-0.3, -0.25) is 10.1 Å². The van der Waals surface area contributed by atoms with Crippen LogP contribution in [0, 0.1) is 21.4 Å². The third-order valence-electron chi connectivity index (χ3n) is 3.25. The van der Waals surface area contributed by atoms with Crippen molar-refractivity contribution in [3.05, 3.63) is 69.1 Å². The first-order chi connectivity index (χ1) is 11.1. The Morgan fingerprint density at radius 2 is 2.17 bits per heavy atom. The first-order valence-corrected chi connectivity index (χ1v) is 7.00. The molecule has 1 N–H and O–H groups in total. The molecule has 8 heteroatoms. The van der Waals surface area contributed by atoms with E-state index in [0.29, 0.717) is 22.9 Å². The van der Waals surface area contributed by atoms with Gasteiger partial charge in [0.1, 0.15) is 11.3 Å². The Bertz CT molecular complexity index is 945. The Labute approximate surface area is 135 Å². The van der Waals surface area contributed by atoms with Crippen molar-refractivity contribution < 1.29 is 4.92 Å². The largest absolute Gasteiger partial charge is 0.374 e. The average molecular weight is 328 g/mol. The minimum atomic E-state index is -0.521. The topological polar surface area (TPSA) is 96.3 Å². The second kappa shape index (κ2) is 5.94. The van der Waals surface area contributed by atoms with Crippen LogP contribution < -0.4 is 5.32 Å². The molecule has 1 aromatic carbocycles. The summed E-state index contributed by atoms with van der Waals surface area (Å²) < 4.78 is 1.78. The molecule has 0 bridgehead atoms. The minimum absolute atomic E-state index is 0.143. The summed E-state index contributed by atoms with van der Waals surface area (Å²) in [4.78, 5) is 15.0. The van der Waals surface area contributed by atoms with Gasteiger partial charge in [-0.15, -0.1) is 0 Å². The number of halogens is 1. The second-order valence-electron chi connectivity index (χ2n) is 4.80. The third-order valence-corrected chi connectivity index (χ3v) is 3.47. The number of hydrogen-bond acceptors (Lipinski definition) is 5. The molecule has 0 radical (unpaired) electrons. The Morgan fingerprint density at radius 1 is 1.35 bits per heavy atom. The Balaban J connectivity index is 1.84. The molecule has 114 valence electrons. The van der Waals surface area contributed by atoms with Crippen LogP contribution in [0.1, 0.15) is 11.3 Å². The average Bonchev–Trinajstić information content (AvgIpc) is 2.94. The van der Waals surface area contributed by atoms with Crippen LogP contribution in [0.4, 0.5) is 11.4 Å². The zero-order chi connectivity index (χ0) is 16.4. The van der Waals surface area contributed by atoms with Crippen molar-refractivity contribution in [3.8, 4) is 6.07 Å². The lowest BCUT2D eigenvalue weighted by Gasteiger charge is -2.05. The summed E-state index contributed by atoms with van der Waals surface area (Å²) in [6.07, 6.45) is 3.53. The number of fused-ring (bicyclic) bond motifs is 1. The second-order valence-corrected chi connectivity index (χ2v) is 5.24. The SMILES string of the molecule is N#Cc1ccc(NCc2cn3cc(Cl)ccc3n2)c([N+](=O)[O-])c1. The van der Waals surface area contributed by atoms with Gasteiger partial charge in [-0.2, -0.15) is 5.26 Å². The van der Waals surface area contributed by atoms with Crippen molar-refractivity contribution in [2.24, 2.45) is 0 Å². The van der Waals surface area contributed by atoms with Crippen molar-refractivity contribution >= 4 is 28.6 Å². The van der Waals surface area contributed by atoms with E-state index in [1.807, 2.05) is 6.07 Å². The summed E-state index contributed by atoms with van der Waals surface area (Å²) in [5, 5.41) is 23.5. The molecule has 0 spiro atoms. The zero-order valence-corrected chi connectivity index (χ0v) is 12.5. The van der Waals surface area contributed by atoms with Crippen LogP contribution in [0.3, 0.4) is 0 Å². The zero-order valence-electron chi connectivity index (χ0n) is 11.7. The summed E-state index contributed by atoms with van der Waals surface area (Å²) in [5.41, 5.74) is 1.89. The van der Waals surface area contributed by atoms with Gasteiger partial charge >= 0.3 is 0 Å². The molecule has 23 heavy (non-hydrogen) atoms. The molecule has 0 amide bonds. The van der Waals surface area contributed by atoms with E-state index in [1.165, 1.54) is 18.2 Å². The molecule has 0 aliphatic heterocycles. The highest BCUT2D eigenvalue weighted by atomic mass is 35.5. The molecule has 2 aromatic heterocycles. The number of imidazole rings is 1. The fourth-order valence-electron chi connectivity index (χ4n) is 2.19. The lowest BCUT2D eigenvalue weighted by molar-refractivity contribution is -0.384. The number of nitro benzene ring substituents is 1. The predicted molar refractivity (Wildman–Crippen MR) is 85.3 cm³/mol. The number of nitriles is 1. The number of anilines is 1. The number of pyridine rings is 1. The van der Waals surface area contributed by atoms with Crippen LogP contribution in [0.5, 0.6) is 0 Å². The molecule has 3 aromatic rings. The molecule has 0 saturated carbocycles. The van der Waals surface area contributed by atoms with Gasteiger partial charge in [0, 0.05) is 18.5 Å². The van der Waals surface area contributed by atoms with Crippen molar-refractivity contribution in [3.63, 3.8) is 0 Å². The van der Waals surface area contributed by atoms with Crippen LogP contribution in [0.2, 0.25) is 5.02 Å². The standard InChI is InChI=1S/C15H10ClN5O2/c16-11-2-4-15-19-12(9-20(15)8-11)7-18-13-3-1-10(6-17)5-14(13)21(22)23/h1-5,8-9,18H,7H2. The van der Waals surface area contributed by atoms with E-state index in [4.69, 9.17) is 16.9 Å². The van der Waals surface area contributed by atoms with E-state index in [9.17, 15) is 10.1 Å². The Morgan fingerprint density at radius 3 is 2.91 bits per heavy atom. The molecule has 0 atom stereocenters. The molecular formula is C15H10ClN5O2. The number of nitro groups is 1. The first kappa shape index (κ1) is 14.8.